The van der Waals surface area contributed by atoms with Gasteiger partial charge >= 0.3 is 0 Å². The molecule has 0 nitrogen and oxygen atoms in total. The number of hydrogen-bond acceptors (Lipinski definition) is 0. The van der Waals surface area contributed by atoms with Crippen molar-refractivity contribution in [2.24, 2.45) is 0 Å². The minimum absolute atomic E-state index is 0.349. The Morgan fingerprint density at radius 2 is 2.00 bits per heavy atom. The highest BCUT2D eigenvalue weighted by atomic mass is 14.0. The molecule has 1 radical (unpaired) electrons. The molecule has 1 rings (SSSR count). The van der Waals surface area contributed by atoms with Crippen molar-refractivity contribution in [2.75, 3.05) is 0 Å². The van der Waals surface area contributed by atoms with Gasteiger partial charge in [-0.1, -0.05) is 53.5 Å². The Hall–Kier alpha value is -1.24. The lowest BCUT2D eigenvalue weighted by molar-refractivity contribution is 1.20. The van der Waals surface area contributed by atoms with Gasteiger partial charge in [-0.3, -0.25) is 0 Å². The molecular formula is C13H16B. The molecule has 0 saturated carbocycles. The van der Waals surface area contributed by atoms with Crippen molar-refractivity contribution in [3.8, 4) is 0 Å². The van der Waals surface area contributed by atoms with Gasteiger partial charge in [0.2, 0.25) is 0 Å². The third-order valence-corrected chi connectivity index (χ3v) is 2.14. The van der Waals surface area contributed by atoms with Crippen LogP contribution < -0.4 is 5.46 Å². The molecule has 14 heavy (non-hydrogen) atoms. The van der Waals surface area contributed by atoms with Gasteiger partial charge in [-0.25, -0.2) is 0 Å². The monoisotopic (exact) mass is 183 g/mol. The fourth-order valence-electron chi connectivity index (χ4n) is 1.34. The molecule has 0 aromatic heterocycles. The first-order valence-corrected chi connectivity index (χ1v) is 4.92. The molecule has 71 valence electrons. The Labute approximate surface area is 87.6 Å². The molecule has 0 aliphatic carbocycles. The molecule has 0 N–H and O–H groups in total. The highest BCUT2D eigenvalue weighted by molar-refractivity contribution is 6.56. The number of allylic oxidation sites excluding steroid dienone is 3. The molecule has 0 heterocycles. The third kappa shape index (κ3) is 3.25. The van der Waals surface area contributed by atoms with E-state index in [0.29, 0.717) is 5.82 Å². The normalized spacial score (nSPS) is 12.7. The van der Waals surface area contributed by atoms with Crippen molar-refractivity contribution in [3.05, 3.63) is 54.6 Å². The smallest absolute Gasteiger partial charge is 0.100 e. The summed E-state index contributed by atoms with van der Waals surface area (Å²) in [7, 11) is 2.22. The van der Waals surface area contributed by atoms with Gasteiger partial charge < -0.3 is 0 Å². The summed E-state index contributed by atoms with van der Waals surface area (Å²) in [6.07, 6.45) is 4.23. The second-order valence-electron chi connectivity index (χ2n) is 3.48. The lowest BCUT2D eigenvalue weighted by Gasteiger charge is -2.10. The summed E-state index contributed by atoms with van der Waals surface area (Å²) < 4.78 is 0. The van der Waals surface area contributed by atoms with E-state index in [1.165, 1.54) is 11.0 Å². The second-order valence-corrected chi connectivity index (χ2v) is 3.48. The minimum Gasteiger partial charge on any atom is -0.100 e. The van der Waals surface area contributed by atoms with Crippen molar-refractivity contribution < 1.29 is 0 Å². The van der Waals surface area contributed by atoms with Gasteiger partial charge in [-0.15, -0.1) is 6.58 Å². The fraction of sp³-hybridized carbons (Fsp3) is 0.231. The first kappa shape index (κ1) is 10.8. The van der Waals surface area contributed by atoms with E-state index in [-0.39, 0.29) is 0 Å². The topological polar surface area (TPSA) is 0 Å². The molecular weight excluding hydrogens is 167 g/mol. The first-order valence-electron chi connectivity index (χ1n) is 4.92. The molecule has 1 unspecified atom stereocenters. The largest absolute Gasteiger partial charge is 0.165 e. The molecule has 1 heteroatoms. The van der Waals surface area contributed by atoms with Crippen LogP contribution >= 0.6 is 0 Å². The van der Waals surface area contributed by atoms with Crippen LogP contribution in [0.4, 0.5) is 0 Å². The summed E-state index contributed by atoms with van der Waals surface area (Å²) in [4.78, 5) is 0. The minimum atomic E-state index is 0.349. The Kier molecular flexibility index (Phi) is 4.25. The highest BCUT2D eigenvalue weighted by Crippen LogP contribution is 2.15. The van der Waals surface area contributed by atoms with E-state index in [1.807, 2.05) is 13.0 Å². The van der Waals surface area contributed by atoms with Crippen LogP contribution in [0, 0.1) is 0 Å². The zero-order valence-corrected chi connectivity index (χ0v) is 8.90. The van der Waals surface area contributed by atoms with Gasteiger partial charge in [0.05, 0.1) is 0 Å². The van der Waals surface area contributed by atoms with Crippen LogP contribution in [0.1, 0.15) is 13.8 Å². The third-order valence-electron chi connectivity index (χ3n) is 2.14. The second kappa shape index (κ2) is 5.49. The maximum Gasteiger partial charge on any atom is 0.165 e. The Balaban J connectivity index is 2.70. The number of rotatable bonds is 4. The molecule has 0 saturated heterocycles. The molecule has 1 aromatic rings. The van der Waals surface area contributed by atoms with Crippen molar-refractivity contribution in [3.63, 3.8) is 0 Å². The highest BCUT2D eigenvalue weighted by Gasteiger charge is 2.07. The molecule has 0 spiro atoms. The maximum absolute atomic E-state index is 3.99. The zero-order chi connectivity index (χ0) is 10.4. The van der Waals surface area contributed by atoms with Crippen molar-refractivity contribution >= 4 is 12.7 Å². The number of benzene rings is 1. The number of hydrogen-bond donors (Lipinski definition) is 0. The predicted molar refractivity (Wildman–Crippen MR) is 65.2 cm³/mol. The summed E-state index contributed by atoms with van der Waals surface area (Å²) in [5.41, 5.74) is 2.42. The molecule has 1 aromatic carbocycles. The zero-order valence-electron chi connectivity index (χ0n) is 8.90. The summed E-state index contributed by atoms with van der Waals surface area (Å²) in [5, 5.41) is 0. The summed E-state index contributed by atoms with van der Waals surface area (Å²) in [6.45, 7) is 8.08. The Morgan fingerprint density at radius 3 is 2.50 bits per heavy atom. The molecule has 0 bridgehead atoms. The van der Waals surface area contributed by atoms with Crippen molar-refractivity contribution in [1.29, 1.82) is 0 Å². The van der Waals surface area contributed by atoms with Crippen LogP contribution in [0.2, 0.25) is 5.82 Å². The molecule has 0 aliphatic heterocycles. The fourth-order valence-corrected chi connectivity index (χ4v) is 1.34. The van der Waals surface area contributed by atoms with Gasteiger partial charge in [0.1, 0.15) is 0 Å². The molecule has 1 atom stereocenters. The molecule has 0 fully saturated rings. The van der Waals surface area contributed by atoms with Crippen LogP contribution in [0.25, 0.3) is 0 Å². The van der Waals surface area contributed by atoms with Gasteiger partial charge in [-0.2, -0.15) is 0 Å². The van der Waals surface area contributed by atoms with Crippen molar-refractivity contribution in [1.82, 2.24) is 0 Å². The Bertz CT molecular complexity index is 311. The lowest BCUT2D eigenvalue weighted by Crippen LogP contribution is -2.18. The summed E-state index contributed by atoms with van der Waals surface area (Å²) >= 11 is 0. The van der Waals surface area contributed by atoms with Gasteiger partial charge in [0, 0.05) is 0 Å². The van der Waals surface area contributed by atoms with E-state index in [4.69, 9.17) is 0 Å². The molecule has 0 aliphatic rings. The van der Waals surface area contributed by atoms with Crippen LogP contribution in [-0.4, -0.2) is 7.28 Å². The van der Waals surface area contributed by atoms with E-state index < -0.39 is 0 Å². The SMILES string of the molecule is C=C(C)C([B]c1ccccc1)/C=C/C. The van der Waals surface area contributed by atoms with Gasteiger partial charge in [0.15, 0.2) is 7.28 Å². The van der Waals surface area contributed by atoms with E-state index in [2.05, 4.69) is 57.2 Å². The van der Waals surface area contributed by atoms with E-state index >= 15 is 0 Å². The first-order chi connectivity index (χ1) is 6.74. The average molecular weight is 183 g/mol. The van der Waals surface area contributed by atoms with Crippen LogP contribution in [0.15, 0.2) is 54.6 Å². The van der Waals surface area contributed by atoms with E-state index in [0.717, 1.165) is 0 Å². The maximum atomic E-state index is 3.99. The van der Waals surface area contributed by atoms with Gasteiger partial charge in [0.25, 0.3) is 0 Å². The molecule has 0 amide bonds. The van der Waals surface area contributed by atoms with Crippen LogP contribution in [0.3, 0.4) is 0 Å². The van der Waals surface area contributed by atoms with Gasteiger partial charge in [-0.05, 0) is 19.7 Å². The van der Waals surface area contributed by atoms with Crippen LogP contribution in [0.5, 0.6) is 0 Å². The summed E-state index contributed by atoms with van der Waals surface area (Å²) in [5.74, 6) is 0.349. The average Bonchev–Trinajstić information content (AvgIpc) is 2.18. The quantitative estimate of drug-likeness (QED) is 0.497. The van der Waals surface area contributed by atoms with Crippen molar-refractivity contribution in [2.45, 2.75) is 19.7 Å². The lowest BCUT2D eigenvalue weighted by atomic mass is 9.57. The van der Waals surface area contributed by atoms with E-state index in [9.17, 15) is 0 Å². The Morgan fingerprint density at radius 1 is 1.36 bits per heavy atom. The van der Waals surface area contributed by atoms with Crippen LogP contribution in [-0.2, 0) is 0 Å². The van der Waals surface area contributed by atoms with E-state index in [1.54, 1.807) is 0 Å². The summed E-state index contributed by atoms with van der Waals surface area (Å²) in [6, 6.07) is 10.4. The predicted octanol–water partition coefficient (Wildman–Crippen LogP) is 2.96. The standard InChI is InChI=1S/C13H16B/c1-4-8-13(11(2)3)14-12-9-6-5-7-10-12/h4-10,13H,2H2,1,3H3/b8-4+.